The van der Waals surface area contributed by atoms with Gasteiger partial charge in [0.15, 0.2) is 5.43 Å². The van der Waals surface area contributed by atoms with E-state index in [0.29, 0.717) is 12.2 Å². The van der Waals surface area contributed by atoms with Crippen LogP contribution in [-0.4, -0.2) is 25.4 Å². The quantitative estimate of drug-likeness (QED) is 0.863. The van der Waals surface area contributed by atoms with Crippen molar-refractivity contribution in [3.05, 3.63) is 51.7 Å². The molecule has 0 unspecified atom stereocenters. The summed E-state index contributed by atoms with van der Waals surface area (Å²) in [6.45, 7) is 2.24. The average molecular weight is 247 g/mol. The van der Waals surface area contributed by atoms with Gasteiger partial charge in [-0.25, -0.2) is 4.79 Å². The number of aromatic nitrogens is 3. The van der Waals surface area contributed by atoms with Gasteiger partial charge in [0.05, 0.1) is 12.2 Å². The maximum Gasteiger partial charge on any atom is 0.341 e. The first kappa shape index (κ1) is 12.1. The first-order valence-electron chi connectivity index (χ1n) is 5.40. The molecule has 2 aromatic rings. The first-order chi connectivity index (χ1) is 8.49. The molecule has 0 spiro atoms. The van der Waals surface area contributed by atoms with E-state index in [1.54, 1.807) is 22.4 Å². The lowest BCUT2D eigenvalue weighted by molar-refractivity contribution is 0.0694. The zero-order valence-electron chi connectivity index (χ0n) is 10.1. The molecular formula is C12H13N3O3. The van der Waals surface area contributed by atoms with Crippen molar-refractivity contribution < 1.29 is 9.90 Å². The number of carboxylic acids is 1. The highest BCUT2D eigenvalue weighted by molar-refractivity contribution is 5.87. The Kier molecular flexibility index (Phi) is 3.01. The van der Waals surface area contributed by atoms with E-state index < -0.39 is 11.4 Å². The van der Waals surface area contributed by atoms with Crippen LogP contribution in [0.15, 0.2) is 29.3 Å². The highest BCUT2D eigenvalue weighted by atomic mass is 16.4. The summed E-state index contributed by atoms with van der Waals surface area (Å²) in [6, 6.07) is 3.18. The smallest absolute Gasteiger partial charge is 0.341 e. The Morgan fingerprint density at radius 3 is 2.78 bits per heavy atom. The summed E-state index contributed by atoms with van der Waals surface area (Å²) >= 11 is 0. The molecule has 0 aliphatic rings. The van der Waals surface area contributed by atoms with Gasteiger partial charge >= 0.3 is 5.97 Å². The molecule has 2 aromatic heterocycles. The van der Waals surface area contributed by atoms with E-state index in [9.17, 15) is 9.59 Å². The summed E-state index contributed by atoms with van der Waals surface area (Å²) in [5, 5.41) is 13.0. The van der Waals surface area contributed by atoms with Gasteiger partial charge in [-0.3, -0.25) is 9.48 Å². The molecule has 94 valence electrons. The van der Waals surface area contributed by atoms with E-state index in [4.69, 9.17) is 5.11 Å². The number of aromatic carboxylic acids is 1. The predicted octanol–water partition coefficient (Wildman–Crippen LogP) is 0.637. The molecule has 0 saturated carbocycles. The standard InChI is InChI=1S/C12H13N3O3/c1-8-5-11(16)10(12(17)18)7-15(8)6-9-3-4-13-14(9)2/h3-5,7H,6H2,1-2H3,(H,17,18). The lowest BCUT2D eigenvalue weighted by Gasteiger charge is -2.11. The maximum atomic E-state index is 11.5. The van der Waals surface area contributed by atoms with Crippen LogP contribution >= 0.6 is 0 Å². The van der Waals surface area contributed by atoms with Crippen molar-refractivity contribution in [3.63, 3.8) is 0 Å². The molecule has 2 rings (SSSR count). The summed E-state index contributed by atoms with van der Waals surface area (Å²) in [6.07, 6.45) is 3.04. The van der Waals surface area contributed by atoms with Crippen molar-refractivity contribution in [2.45, 2.75) is 13.5 Å². The van der Waals surface area contributed by atoms with Crippen molar-refractivity contribution in [2.24, 2.45) is 7.05 Å². The Balaban J connectivity index is 2.45. The average Bonchev–Trinajstić information content (AvgIpc) is 2.67. The number of carboxylic acid groups (broad SMARTS) is 1. The van der Waals surface area contributed by atoms with Crippen LogP contribution in [0.25, 0.3) is 0 Å². The largest absolute Gasteiger partial charge is 0.477 e. The van der Waals surface area contributed by atoms with E-state index >= 15 is 0 Å². The number of carbonyl (C=O) groups is 1. The summed E-state index contributed by atoms with van der Waals surface area (Å²) in [5.41, 5.74) is 0.952. The predicted molar refractivity (Wildman–Crippen MR) is 64.7 cm³/mol. The second-order valence-electron chi connectivity index (χ2n) is 4.07. The first-order valence-corrected chi connectivity index (χ1v) is 5.40. The Hall–Kier alpha value is -2.37. The van der Waals surface area contributed by atoms with Gasteiger partial charge < -0.3 is 9.67 Å². The SMILES string of the molecule is Cc1cc(=O)c(C(=O)O)cn1Cc1ccnn1C. The molecule has 2 heterocycles. The van der Waals surface area contributed by atoms with Crippen LogP contribution in [0.5, 0.6) is 0 Å². The van der Waals surface area contributed by atoms with E-state index in [0.717, 1.165) is 5.69 Å². The van der Waals surface area contributed by atoms with Crippen LogP contribution in [0.4, 0.5) is 0 Å². The third-order valence-electron chi connectivity index (χ3n) is 2.83. The number of aryl methyl sites for hydroxylation is 2. The van der Waals surface area contributed by atoms with Gasteiger partial charge in [0, 0.05) is 31.2 Å². The lowest BCUT2D eigenvalue weighted by Crippen LogP contribution is -2.19. The fourth-order valence-corrected chi connectivity index (χ4v) is 1.73. The van der Waals surface area contributed by atoms with E-state index in [2.05, 4.69) is 5.10 Å². The van der Waals surface area contributed by atoms with E-state index in [-0.39, 0.29) is 5.56 Å². The second kappa shape index (κ2) is 4.48. The Bertz CT molecular complexity index is 655. The van der Waals surface area contributed by atoms with E-state index in [1.807, 2.05) is 13.1 Å². The van der Waals surface area contributed by atoms with Crippen LogP contribution in [-0.2, 0) is 13.6 Å². The lowest BCUT2D eigenvalue weighted by atomic mass is 10.2. The molecule has 18 heavy (non-hydrogen) atoms. The van der Waals surface area contributed by atoms with Crippen LogP contribution in [0.3, 0.4) is 0 Å². The molecule has 0 aromatic carbocycles. The molecule has 0 aliphatic heterocycles. The molecule has 6 heteroatoms. The molecule has 0 aliphatic carbocycles. The Labute approximate surface area is 103 Å². The molecule has 0 bridgehead atoms. The monoisotopic (exact) mass is 247 g/mol. The molecular weight excluding hydrogens is 234 g/mol. The van der Waals surface area contributed by atoms with Crippen LogP contribution in [0.1, 0.15) is 21.7 Å². The molecule has 0 amide bonds. The van der Waals surface area contributed by atoms with Gasteiger partial charge in [0.1, 0.15) is 5.56 Å². The molecule has 6 nitrogen and oxygen atoms in total. The van der Waals surface area contributed by atoms with Crippen LogP contribution in [0.2, 0.25) is 0 Å². The molecule has 0 fully saturated rings. The highest BCUT2D eigenvalue weighted by Gasteiger charge is 2.11. The summed E-state index contributed by atoms with van der Waals surface area (Å²) < 4.78 is 3.43. The van der Waals surface area contributed by atoms with Crippen molar-refractivity contribution >= 4 is 5.97 Å². The van der Waals surface area contributed by atoms with E-state index in [1.165, 1.54) is 12.3 Å². The topological polar surface area (TPSA) is 77.1 Å². The third kappa shape index (κ3) is 2.17. The summed E-state index contributed by atoms with van der Waals surface area (Å²) in [7, 11) is 1.81. The molecule has 0 saturated heterocycles. The number of rotatable bonds is 3. The number of pyridine rings is 1. The van der Waals surface area contributed by atoms with Gasteiger partial charge in [0.2, 0.25) is 0 Å². The van der Waals surface area contributed by atoms with Gasteiger partial charge in [-0.15, -0.1) is 0 Å². The number of nitrogens with zero attached hydrogens (tertiary/aromatic N) is 3. The minimum atomic E-state index is -1.21. The Morgan fingerprint density at radius 1 is 1.50 bits per heavy atom. The summed E-state index contributed by atoms with van der Waals surface area (Å²) in [4.78, 5) is 22.4. The second-order valence-corrected chi connectivity index (χ2v) is 4.07. The molecule has 0 atom stereocenters. The van der Waals surface area contributed by atoms with Gasteiger partial charge in [-0.05, 0) is 13.0 Å². The number of hydrogen-bond acceptors (Lipinski definition) is 3. The zero-order chi connectivity index (χ0) is 13.3. The highest BCUT2D eigenvalue weighted by Crippen LogP contribution is 2.05. The third-order valence-corrected chi connectivity index (χ3v) is 2.83. The van der Waals surface area contributed by atoms with Crippen molar-refractivity contribution in [1.82, 2.24) is 14.3 Å². The minimum absolute atomic E-state index is 0.220. The maximum absolute atomic E-state index is 11.5. The number of hydrogen-bond donors (Lipinski definition) is 1. The van der Waals surface area contributed by atoms with Crippen molar-refractivity contribution in [1.29, 1.82) is 0 Å². The fraction of sp³-hybridized carbons (Fsp3) is 0.250. The van der Waals surface area contributed by atoms with Crippen molar-refractivity contribution in [3.8, 4) is 0 Å². The van der Waals surface area contributed by atoms with Crippen molar-refractivity contribution in [2.75, 3.05) is 0 Å². The van der Waals surface area contributed by atoms with Gasteiger partial charge in [-0.2, -0.15) is 5.10 Å². The van der Waals surface area contributed by atoms with Crippen LogP contribution < -0.4 is 5.43 Å². The zero-order valence-corrected chi connectivity index (χ0v) is 10.1. The fourth-order valence-electron chi connectivity index (χ4n) is 1.73. The normalized spacial score (nSPS) is 10.6. The summed E-state index contributed by atoms with van der Waals surface area (Å²) in [5.74, 6) is -1.21. The minimum Gasteiger partial charge on any atom is -0.477 e. The molecule has 1 N–H and O–H groups in total. The van der Waals surface area contributed by atoms with Gasteiger partial charge in [0.25, 0.3) is 0 Å². The Morgan fingerprint density at radius 2 is 2.22 bits per heavy atom. The molecule has 0 radical (unpaired) electrons. The van der Waals surface area contributed by atoms with Gasteiger partial charge in [-0.1, -0.05) is 0 Å². The van der Waals surface area contributed by atoms with Crippen LogP contribution in [0, 0.1) is 6.92 Å².